The van der Waals surface area contributed by atoms with E-state index in [9.17, 15) is 5.11 Å². The summed E-state index contributed by atoms with van der Waals surface area (Å²) >= 11 is 0. The third-order valence-electron chi connectivity index (χ3n) is 2.64. The zero-order valence-corrected chi connectivity index (χ0v) is 6.52. The van der Waals surface area contributed by atoms with Crippen molar-refractivity contribution in [2.24, 2.45) is 5.41 Å². The molecule has 1 aliphatic rings. The average Bonchev–Trinajstić information content (AvgIpc) is 2.10. The molecule has 0 spiro atoms. The molecule has 0 amide bonds. The Hall–Kier alpha value is -0.550. The van der Waals surface area contributed by atoms with Gasteiger partial charge in [0.2, 0.25) is 0 Å². The summed E-state index contributed by atoms with van der Waals surface area (Å²) in [4.78, 5) is 0. The second kappa shape index (κ2) is 1.96. The van der Waals surface area contributed by atoms with E-state index in [-0.39, 0.29) is 5.41 Å². The Kier molecular flexibility index (Phi) is 1.48. The SMILES string of the molecule is CC1(C)CCC[C@]1(O)C#N. The number of nitriles is 1. The summed E-state index contributed by atoms with van der Waals surface area (Å²) in [6.45, 7) is 3.90. The predicted molar refractivity (Wildman–Crippen MR) is 38.2 cm³/mol. The molecular formula is C8H13NO. The van der Waals surface area contributed by atoms with Crippen LogP contribution < -0.4 is 0 Å². The van der Waals surface area contributed by atoms with Crippen molar-refractivity contribution in [3.05, 3.63) is 0 Å². The molecule has 1 saturated carbocycles. The van der Waals surface area contributed by atoms with Crippen molar-refractivity contribution in [2.75, 3.05) is 0 Å². The molecule has 0 aromatic rings. The highest BCUT2D eigenvalue weighted by Gasteiger charge is 2.47. The molecule has 1 fully saturated rings. The molecule has 0 bridgehead atoms. The van der Waals surface area contributed by atoms with Crippen LogP contribution in [-0.2, 0) is 0 Å². The first-order valence-electron chi connectivity index (χ1n) is 3.65. The van der Waals surface area contributed by atoms with E-state index >= 15 is 0 Å². The lowest BCUT2D eigenvalue weighted by Crippen LogP contribution is -2.37. The molecule has 1 atom stereocenters. The van der Waals surface area contributed by atoms with Crippen molar-refractivity contribution in [3.8, 4) is 6.07 Å². The van der Waals surface area contributed by atoms with Crippen LogP contribution in [0.3, 0.4) is 0 Å². The van der Waals surface area contributed by atoms with Crippen molar-refractivity contribution >= 4 is 0 Å². The minimum Gasteiger partial charge on any atom is -0.375 e. The zero-order chi connectivity index (χ0) is 7.83. The molecule has 1 aliphatic carbocycles. The molecule has 2 heteroatoms. The van der Waals surface area contributed by atoms with Gasteiger partial charge in [0, 0.05) is 5.41 Å². The molecule has 10 heavy (non-hydrogen) atoms. The van der Waals surface area contributed by atoms with Gasteiger partial charge in [0.1, 0.15) is 0 Å². The lowest BCUT2D eigenvalue weighted by atomic mass is 9.79. The molecule has 0 aliphatic heterocycles. The second-order valence-corrected chi connectivity index (χ2v) is 3.71. The highest BCUT2D eigenvalue weighted by molar-refractivity contribution is 5.12. The Bertz CT molecular complexity index is 180. The molecule has 1 rings (SSSR count). The molecule has 1 N–H and O–H groups in total. The zero-order valence-electron chi connectivity index (χ0n) is 6.52. The molecule has 0 radical (unpaired) electrons. The largest absolute Gasteiger partial charge is 0.375 e. The minimum absolute atomic E-state index is 0.207. The Balaban J connectivity index is 2.89. The third-order valence-corrected chi connectivity index (χ3v) is 2.64. The minimum atomic E-state index is -1.06. The Morgan fingerprint density at radius 1 is 1.40 bits per heavy atom. The van der Waals surface area contributed by atoms with E-state index in [1.165, 1.54) is 0 Å². The fraction of sp³-hybridized carbons (Fsp3) is 0.875. The van der Waals surface area contributed by atoms with E-state index in [0.29, 0.717) is 6.42 Å². The van der Waals surface area contributed by atoms with Gasteiger partial charge in [-0.15, -0.1) is 0 Å². The summed E-state index contributed by atoms with van der Waals surface area (Å²) in [5.74, 6) is 0. The van der Waals surface area contributed by atoms with Gasteiger partial charge in [-0.2, -0.15) is 5.26 Å². The molecule has 0 aromatic heterocycles. The maximum absolute atomic E-state index is 9.67. The Morgan fingerprint density at radius 3 is 2.20 bits per heavy atom. The fourth-order valence-corrected chi connectivity index (χ4v) is 1.54. The van der Waals surface area contributed by atoms with Crippen LogP contribution in [0.15, 0.2) is 0 Å². The number of hydrogen-bond acceptors (Lipinski definition) is 2. The number of nitrogens with zero attached hydrogens (tertiary/aromatic N) is 1. The summed E-state index contributed by atoms with van der Waals surface area (Å²) in [6, 6.07) is 1.99. The average molecular weight is 139 g/mol. The third kappa shape index (κ3) is 0.819. The van der Waals surface area contributed by atoms with Crippen LogP contribution in [0.1, 0.15) is 33.1 Å². The fourth-order valence-electron chi connectivity index (χ4n) is 1.54. The first kappa shape index (κ1) is 7.56. The van der Waals surface area contributed by atoms with E-state index in [4.69, 9.17) is 5.26 Å². The van der Waals surface area contributed by atoms with Crippen LogP contribution in [-0.4, -0.2) is 10.7 Å². The second-order valence-electron chi connectivity index (χ2n) is 3.71. The predicted octanol–water partition coefficient (Wildman–Crippen LogP) is 1.45. The van der Waals surface area contributed by atoms with Crippen molar-refractivity contribution < 1.29 is 5.11 Å². The molecule has 2 nitrogen and oxygen atoms in total. The lowest BCUT2D eigenvalue weighted by Gasteiger charge is -2.29. The van der Waals surface area contributed by atoms with Crippen molar-refractivity contribution in [3.63, 3.8) is 0 Å². The van der Waals surface area contributed by atoms with Gasteiger partial charge >= 0.3 is 0 Å². The normalized spacial score (nSPS) is 37.4. The van der Waals surface area contributed by atoms with Gasteiger partial charge in [-0.05, 0) is 19.3 Å². The van der Waals surface area contributed by atoms with Gasteiger partial charge in [0.15, 0.2) is 5.60 Å². The summed E-state index contributed by atoms with van der Waals surface area (Å²) in [5, 5.41) is 18.3. The monoisotopic (exact) mass is 139 g/mol. The van der Waals surface area contributed by atoms with Crippen molar-refractivity contribution in [1.82, 2.24) is 0 Å². The number of aliphatic hydroxyl groups is 1. The smallest absolute Gasteiger partial charge is 0.156 e. The summed E-state index contributed by atoms with van der Waals surface area (Å²) < 4.78 is 0. The molecule has 0 saturated heterocycles. The Morgan fingerprint density at radius 2 is 2.00 bits per heavy atom. The van der Waals surface area contributed by atoms with Gasteiger partial charge in [-0.3, -0.25) is 0 Å². The van der Waals surface area contributed by atoms with Crippen LogP contribution in [0.2, 0.25) is 0 Å². The van der Waals surface area contributed by atoms with Gasteiger partial charge in [-0.1, -0.05) is 13.8 Å². The standard InChI is InChI=1S/C8H13NO/c1-7(2)4-3-5-8(7,10)6-9/h10H,3-5H2,1-2H3/t8-/m0/s1. The first-order valence-corrected chi connectivity index (χ1v) is 3.65. The quantitative estimate of drug-likeness (QED) is 0.516. The van der Waals surface area contributed by atoms with Crippen molar-refractivity contribution in [1.29, 1.82) is 5.26 Å². The first-order chi connectivity index (χ1) is 4.52. The van der Waals surface area contributed by atoms with E-state index in [0.717, 1.165) is 12.8 Å². The van der Waals surface area contributed by atoms with E-state index in [2.05, 4.69) is 0 Å². The maximum atomic E-state index is 9.67. The molecule has 0 heterocycles. The topological polar surface area (TPSA) is 44.0 Å². The summed E-state index contributed by atoms with van der Waals surface area (Å²) in [6.07, 6.45) is 2.56. The molecular weight excluding hydrogens is 126 g/mol. The van der Waals surface area contributed by atoms with Crippen LogP contribution in [0.25, 0.3) is 0 Å². The van der Waals surface area contributed by atoms with Crippen LogP contribution in [0, 0.1) is 16.7 Å². The van der Waals surface area contributed by atoms with Gasteiger partial charge < -0.3 is 5.11 Å². The van der Waals surface area contributed by atoms with Gasteiger partial charge in [0.05, 0.1) is 6.07 Å². The van der Waals surface area contributed by atoms with E-state index in [1.807, 2.05) is 19.9 Å². The van der Waals surface area contributed by atoms with Crippen LogP contribution in [0.5, 0.6) is 0 Å². The molecule has 56 valence electrons. The lowest BCUT2D eigenvalue weighted by molar-refractivity contribution is 0.0100. The number of hydrogen-bond donors (Lipinski definition) is 1. The number of rotatable bonds is 0. The summed E-state index contributed by atoms with van der Waals surface area (Å²) in [7, 11) is 0. The Labute approximate surface area is 61.5 Å². The van der Waals surface area contributed by atoms with Gasteiger partial charge in [0.25, 0.3) is 0 Å². The van der Waals surface area contributed by atoms with Crippen LogP contribution in [0.4, 0.5) is 0 Å². The maximum Gasteiger partial charge on any atom is 0.156 e. The molecule has 0 unspecified atom stereocenters. The van der Waals surface area contributed by atoms with Gasteiger partial charge in [-0.25, -0.2) is 0 Å². The van der Waals surface area contributed by atoms with Crippen molar-refractivity contribution in [2.45, 2.75) is 38.7 Å². The van der Waals surface area contributed by atoms with E-state index in [1.54, 1.807) is 0 Å². The van der Waals surface area contributed by atoms with E-state index < -0.39 is 5.60 Å². The highest BCUT2D eigenvalue weighted by atomic mass is 16.3. The summed E-state index contributed by atoms with van der Waals surface area (Å²) in [5.41, 5.74) is -1.27. The highest BCUT2D eigenvalue weighted by Crippen LogP contribution is 2.45. The molecule has 0 aromatic carbocycles. The van der Waals surface area contributed by atoms with Crippen LogP contribution >= 0.6 is 0 Å².